The molecule has 0 aromatic carbocycles. The third-order valence-electron chi connectivity index (χ3n) is 1.97. The van der Waals surface area contributed by atoms with Crippen molar-refractivity contribution >= 4 is 0 Å². The van der Waals surface area contributed by atoms with Crippen LogP contribution in [0.3, 0.4) is 0 Å². The van der Waals surface area contributed by atoms with Crippen LogP contribution in [0.2, 0.25) is 0 Å². The Morgan fingerprint density at radius 1 is 1.75 bits per heavy atom. The molecule has 1 aromatic rings. The smallest absolute Gasteiger partial charge is 0.108 e. The second-order valence-corrected chi connectivity index (χ2v) is 2.98. The molecule has 66 valence electrons. The predicted octanol–water partition coefficient (Wildman–Crippen LogP) is 2.42. The highest BCUT2D eigenvalue weighted by Gasteiger charge is 2.12. The molecule has 0 aliphatic rings. The van der Waals surface area contributed by atoms with Gasteiger partial charge in [-0.15, -0.1) is 0 Å². The highest BCUT2D eigenvalue weighted by Crippen LogP contribution is 2.22. The third kappa shape index (κ3) is 1.59. The van der Waals surface area contributed by atoms with E-state index in [4.69, 9.17) is 10.2 Å². The molecular formula is C10H15NO. The molecule has 0 spiro atoms. The van der Waals surface area contributed by atoms with E-state index in [1.165, 1.54) is 0 Å². The summed E-state index contributed by atoms with van der Waals surface area (Å²) in [5.74, 6) is 0.963. The summed E-state index contributed by atoms with van der Waals surface area (Å²) in [5, 5.41) is 0. The Morgan fingerprint density at radius 3 is 2.92 bits per heavy atom. The van der Waals surface area contributed by atoms with Gasteiger partial charge in [-0.3, -0.25) is 0 Å². The van der Waals surface area contributed by atoms with Crippen molar-refractivity contribution in [3.05, 3.63) is 35.8 Å². The molecule has 1 atom stereocenters. The fourth-order valence-corrected chi connectivity index (χ4v) is 1.18. The van der Waals surface area contributed by atoms with Gasteiger partial charge in [-0.25, -0.2) is 0 Å². The minimum Gasteiger partial charge on any atom is -0.469 e. The van der Waals surface area contributed by atoms with E-state index in [-0.39, 0.29) is 6.04 Å². The first kappa shape index (κ1) is 9.07. The van der Waals surface area contributed by atoms with Gasteiger partial charge in [-0.05, 0) is 13.0 Å². The van der Waals surface area contributed by atoms with E-state index >= 15 is 0 Å². The summed E-state index contributed by atoms with van der Waals surface area (Å²) in [6, 6.07) is 1.83. The van der Waals surface area contributed by atoms with E-state index in [1.807, 2.05) is 19.9 Å². The number of hydrogen-bond donors (Lipinski definition) is 1. The van der Waals surface area contributed by atoms with E-state index in [2.05, 4.69) is 6.58 Å². The molecule has 0 radical (unpaired) electrons. The molecule has 0 amide bonds. The van der Waals surface area contributed by atoms with Gasteiger partial charge in [-0.1, -0.05) is 19.1 Å². The number of rotatable bonds is 3. The number of aryl methyl sites for hydroxylation is 1. The van der Waals surface area contributed by atoms with Crippen molar-refractivity contribution in [2.75, 3.05) is 0 Å². The first-order chi connectivity index (χ1) is 5.66. The topological polar surface area (TPSA) is 39.2 Å². The Morgan fingerprint density at radius 2 is 2.42 bits per heavy atom. The quantitative estimate of drug-likeness (QED) is 0.698. The maximum Gasteiger partial charge on any atom is 0.108 e. The van der Waals surface area contributed by atoms with Crippen LogP contribution >= 0.6 is 0 Å². The molecule has 0 saturated heterocycles. The average molecular weight is 165 g/mol. The lowest BCUT2D eigenvalue weighted by atomic mass is 10.0. The van der Waals surface area contributed by atoms with Crippen LogP contribution in [0, 0.1) is 0 Å². The number of hydrogen-bond acceptors (Lipinski definition) is 2. The van der Waals surface area contributed by atoms with E-state index in [1.54, 1.807) is 6.26 Å². The van der Waals surface area contributed by atoms with Gasteiger partial charge in [0.05, 0.1) is 12.3 Å². The zero-order valence-corrected chi connectivity index (χ0v) is 7.63. The predicted molar refractivity (Wildman–Crippen MR) is 49.8 cm³/mol. The van der Waals surface area contributed by atoms with Crippen molar-refractivity contribution in [3.8, 4) is 0 Å². The summed E-state index contributed by atoms with van der Waals surface area (Å²) < 4.78 is 5.26. The summed E-state index contributed by atoms with van der Waals surface area (Å²) in [6.45, 7) is 7.80. The highest BCUT2D eigenvalue weighted by atomic mass is 16.3. The lowest BCUT2D eigenvalue weighted by Crippen LogP contribution is -2.11. The molecule has 0 aliphatic heterocycles. The van der Waals surface area contributed by atoms with Crippen molar-refractivity contribution in [1.29, 1.82) is 0 Å². The maximum atomic E-state index is 5.90. The molecule has 2 heteroatoms. The van der Waals surface area contributed by atoms with Gasteiger partial charge in [-0.2, -0.15) is 0 Å². The van der Waals surface area contributed by atoms with Crippen LogP contribution < -0.4 is 5.73 Å². The van der Waals surface area contributed by atoms with Gasteiger partial charge >= 0.3 is 0 Å². The third-order valence-corrected chi connectivity index (χ3v) is 1.97. The Labute approximate surface area is 73.1 Å². The van der Waals surface area contributed by atoms with E-state index in [9.17, 15) is 0 Å². The first-order valence-corrected chi connectivity index (χ1v) is 4.14. The van der Waals surface area contributed by atoms with E-state index < -0.39 is 0 Å². The standard InChI is InChI=1S/C10H15NO/c1-4-9-8(5-6-12-9)10(11)7(2)3/h5-6,10H,2,4,11H2,1,3H3. The van der Waals surface area contributed by atoms with Gasteiger partial charge in [0.1, 0.15) is 5.76 Å². The highest BCUT2D eigenvalue weighted by molar-refractivity contribution is 5.27. The summed E-state index contributed by atoms with van der Waals surface area (Å²) in [6.07, 6.45) is 2.56. The van der Waals surface area contributed by atoms with Gasteiger partial charge in [0.25, 0.3) is 0 Å². The monoisotopic (exact) mass is 165 g/mol. The molecule has 1 aromatic heterocycles. The van der Waals surface area contributed by atoms with Gasteiger partial charge < -0.3 is 10.2 Å². The summed E-state index contributed by atoms with van der Waals surface area (Å²) in [7, 11) is 0. The molecule has 1 rings (SSSR count). The fraction of sp³-hybridized carbons (Fsp3) is 0.400. The largest absolute Gasteiger partial charge is 0.469 e. The Balaban J connectivity index is 2.93. The molecular weight excluding hydrogens is 150 g/mol. The second-order valence-electron chi connectivity index (χ2n) is 2.98. The van der Waals surface area contributed by atoms with Crippen molar-refractivity contribution in [1.82, 2.24) is 0 Å². The van der Waals surface area contributed by atoms with Crippen LogP contribution in [-0.2, 0) is 6.42 Å². The molecule has 1 heterocycles. The van der Waals surface area contributed by atoms with E-state index in [0.29, 0.717) is 0 Å². The van der Waals surface area contributed by atoms with Crippen LogP contribution in [0.4, 0.5) is 0 Å². The fourth-order valence-electron chi connectivity index (χ4n) is 1.18. The SMILES string of the molecule is C=C(C)C(N)c1ccoc1CC. The Hall–Kier alpha value is -1.02. The molecule has 0 saturated carbocycles. The Kier molecular flexibility index (Phi) is 2.71. The summed E-state index contributed by atoms with van der Waals surface area (Å²) in [5.41, 5.74) is 7.92. The van der Waals surface area contributed by atoms with E-state index in [0.717, 1.165) is 23.3 Å². The van der Waals surface area contributed by atoms with Crippen LogP contribution in [0.1, 0.15) is 31.2 Å². The maximum absolute atomic E-state index is 5.90. The van der Waals surface area contributed by atoms with Gasteiger partial charge in [0.2, 0.25) is 0 Å². The zero-order chi connectivity index (χ0) is 9.14. The van der Waals surface area contributed by atoms with Gasteiger partial charge in [0, 0.05) is 12.0 Å². The number of nitrogens with two attached hydrogens (primary N) is 1. The second kappa shape index (κ2) is 3.59. The molecule has 2 nitrogen and oxygen atoms in total. The molecule has 12 heavy (non-hydrogen) atoms. The lowest BCUT2D eigenvalue weighted by molar-refractivity contribution is 0.508. The van der Waals surface area contributed by atoms with Gasteiger partial charge in [0.15, 0.2) is 0 Å². The summed E-state index contributed by atoms with van der Waals surface area (Å²) >= 11 is 0. The lowest BCUT2D eigenvalue weighted by Gasteiger charge is -2.10. The number of furan rings is 1. The molecule has 0 bridgehead atoms. The molecule has 1 unspecified atom stereocenters. The van der Waals surface area contributed by atoms with Crippen LogP contribution in [0.15, 0.2) is 28.9 Å². The minimum atomic E-state index is -0.0845. The zero-order valence-electron chi connectivity index (χ0n) is 7.63. The minimum absolute atomic E-state index is 0.0845. The molecule has 0 aliphatic carbocycles. The first-order valence-electron chi connectivity index (χ1n) is 4.14. The molecule has 2 N–H and O–H groups in total. The van der Waals surface area contributed by atoms with Crippen molar-refractivity contribution in [2.24, 2.45) is 5.73 Å². The van der Waals surface area contributed by atoms with Crippen LogP contribution in [0.25, 0.3) is 0 Å². The summed E-state index contributed by atoms with van der Waals surface area (Å²) in [4.78, 5) is 0. The van der Waals surface area contributed by atoms with Crippen LogP contribution in [0.5, 0.6) is 0 Å². The normalized spacial score (nSPS) is 12.9. The Bertz CT molecular complexity index is 275. The molecule has 0 fully saturated rings. The van der Waals surface area contributed by atoms with Crippen molar-refractivity contribution < 1.29 is 4.42 Å². The van der Waals surface area contributed by atoms with Crippen molar-refractivity contribution in [2.45, 2.75) is 26.3 Å². The van der Waals surface area contributed by atoms with Crippen LogP contribution in [-0.4, -0.2) is 0 Å². The van der Waals surface area contributed by atoms with Crippen molar-refractivity contribution in [3.63, 3.8) is 0 Å². The average Bonchev–Trinajstić information content (AvgIpc) is 2.49.